The number of hydrazine groups is 1. The third kappa shape index (κ3) is 8.10. The van der Waals surface area contributed by atoms with E-state index in [4.69, 9.17) is 4.74 Å². The minimum Gasteiger partial charge on any atom is -0.375 e. The molecule has 13 nitrogen and oxygen atoms in total. The molecule has 12 unspecified atom stereocenters. The van der Waals surface area contributed by atoms with Gasteiger partial charge >= 0.3 is 0 Å². The fourth-order valence-electron chi connectivity index (χ4n) is 9.40. The third-order valence-corrected chi connectivity index (χ3v) is 16.7. The van der Waals surface area contributed by atoms with Crippen LogP contribution in [0, 0.1) is 22.0 Å². The fourth-order valence-corrected chi connectivity index (χ4v) is 13.6. The number of ether oxygens (including phenoxy) is 1. The van der Waals surface area contributed by atoms with Gasteiger partial charge in [-0.3, -0.25) is 36.4 Å². The fraction of sp³-hybridized carbons (Fsp3) is 1.00. The van der Waals surface area contributed by atoms with Crippen molar-refractivity contribution in [2.75, 3.05) is 40.8 Å². The zero-order valence-electron chi connectivity index (χ0n) is 29.4. The Kier molecular flexibility index (Phi) is 12.2. The van der Waals surface area contributed by atoms with Gasteiger partial charge in [-0.2, -0.15) is 0 Å². The van der Waals surface area contributed by atoms with Crippen molar-refractivity contribution < 1.29 is 26.9 Å². The van der Waals surface area contributed by atoms with E-state index < -0.39 is 54.3 Å². The Hall–Kier alpha value is -0.760. The van der Waals surface area contributed by atoms with Crippen LogP contribution in [0.15, 0.2) is 0 Å². The Morgan fingerprint density at radius 2 is 1.80 bits per heavy atom. The van der Waals surface area contributed by atoms with E-state index >= 15 is 8.78 Å². The molecule has 3 heterocycles. The molecule has 282 valence electrons. The minimum atomic E-state index is -3.89. The van der Waals surface area contributed by atoms with Crippen LogP contribution in [0.5, 0.6) is 0 Å². The van der Waals surface area contributed by atoms with E-state index in [0.717, 1.165) is 38.9 Å². The molecule has 0 aromatic heterocycles. The van der Waals surface area contributed by atoms with Crippen molar-refractivity contribution in [3.05, 3.63) is 10.1 Å². The van der Waals surface area contributed by atoms with Gasteiger partial charge in [0, 0.05) is 55.3 Å². The molecule has 3 saturated heterocycles. The molecule has 0 aromatic carbocycles. The van der Waals surface area contributed by atoms with Crippen molar-refractivity contribution in [1.29, 1.82) is 0 Å². The van der Waals surface area contributed by atoms with Gasteiger partial charge < -0.3 is 9.64 Å². The first-order chi connectivity index (χ1) is 23.3. The molecule has 0 aromatic rings. The van der Waals surface area contributed by atoms with Gasteiger partial charge in [-0.25, -0.2) is 22.6 Å². The average Bonchev–Trinajstić information content (AvgIpc) is 3.78. The summed E-state index contributed by atoms with van der Waals surface area (Å²) in [5, 5.41) is 21.2. The number of hydrogen-bond acceptors (Lipinski definition) is 13. The van der Waals surface area contributed by atoms with Crippen LogP contribution in [-0.4, -0.2) is 134 Å². The zero-order chi connectivity index (χ0) is 35.1. The summed E-state index contributed by atoms with van der Waals surface area (Å²) in [6.45, 7) is 5.04. The first kappa shape index (κ1) is 38.0. The number of nitrogens with zero attached hydrogens (tertiary/aromatic N) is 3. The second-order valence-electron chi connectivity index (χ2n) is 15.8. The van der Waals surface area contributed by atoms with Crippen molar-refractivity contribution in [3.8, 4) is 0 Å². The minimum absolute atomic E-state index is 0.0263. The number of nitro groups is 1. The number of likely N-dealkylation sites (tertiary alicyclic amines) is 1. The molecular formula is C32H58F2N8O5S2. The Labute approximate surface area is 294 Å². The second-order valence-corrected chi connectivity index (χ2v) is 19.7. The summed E-state index contributed by atoms with van der Waals surface area (Å²) in [5.74, 6) is -0.252. The van der Waals surface area contributed by atoms with E-state index in [1.165, 1.54) is 11.8 Å². The molecule has 6 aliphatic rings. The van der Waals surface area contributed by atoms with E-state index in [-0.39, 0.29) is 42.9 Å². The second kappa shape index (κ2) is 15.7. The van der Waals surface area contributed by atoms with Crippen LogP contribution in [0.25, 0.3) is 0 Å². The first-order valence-corrected chi connectivity index (χ1v) is 20.8. The van der Waals surface area contributed by atoms with Gasteiger partial charge in [0.1, 0.15) is 17.8 Å². The van der Waals surface area contributed by atoms with Crippen LogP contribution in [0.2, 0.25) is 0 Å². The molecule has 6 fully saturated rings. The van der Waals surface area contributed by atoms with Crippen LogP contribution in [0.4, 0.5) is 8.78 Å². The lowest BCUT2D eigenvalue weighted by molar-refractivity contribution is -0.536. The maximum absolute atomic E-state index is 16.1. The average molecular weight is 737 g/mol. The topological polar surface area (TPSA) is 153 Å². The molecule has 0 spiro atoms. The largest absolute Gasteiger partial charge is 0.375 e. The number of methoxy groups -OCH3 is 1. The summed E-state index contributed by atoms with van der Waals surface area (Å²) in [6, 6.07) is -1.05. The number of halogens is 2. The quantitative estimate of drug-likeness (QED) is 0.147. The van der Waals surface area contributed by atoms with Gasteiger partial charge in [-0.05, 0) is 91.1 Å². The number of hydrogen-bond donors (Lipinski definition) is 5. The van der Waals surface area contributed by atoms with Crippen LogP contribution >= 0.6 is 11.8 Å². The molecule has 6 rings (SSSR count). The van der Waals surface area contributed by atoms with E-state index in [0.29, 0.717) is 50.5 Å². The zero-order valence-corrected chi connectivity index (χ0v) is 31.0. The predicted octanol–water partition coefficient (Wildman–Crippen LogP) is 1.93. The third-order valence-electron chi connectivity index (χ3n) is 12.1. The molecule has 0 radical (unpaired) electrons. The number of alkyl halides is 2. The first-order valence-electron chi connectivity index (χ1n) is 18.3. The van der Waals surface area contributed by atoms with Crippen molar-refractivity contribution in [2.24, 2.45) is 11.8 Å². The molecule has 17 heteroatoms. The van der Waals surface area contributed by atoms with E-state index in [2.05, 4.69) is 57.6 Å². The molecule has 3 saturated carbocycles. The van der Waals surface area contributed by atoms with Gasteiger partial charge in [0.15, 0.2) is 16.0 Å². The maximum atomic E-state index is 16.1. The lowest BCUT2D eigenvalue weighted by atomic mass is 9.81. The number of sulfone groups is 1. The lowest BCUT2D eigenvalue weighted by Crippen LogP contribution is -2.75. The van der Waals surface area contributed by atoms with Crippen LogP contribution in [0.1, 0.15) is 77.6 Å². The Morgan fingerprint density at radius 1 is 1.06 bits per heavy atom. The summed E-state index contributed by atoms with van der Waals surface area (Å²) in [5.41, 5.74) is 6.27. The van der Waals surface area contributed by atoms with E-state index in [1.54, 1.807) is 7.11 Å². The van der Waals surface area contributed by atoms with E-state index in [1.807, 2.05) is 0 Å². The smallest absolute Gasteiger partial charge is 0.244 e. The number of rotatable bonds is 12. The highest BCUT2D eigenvalue weighted by Gasteiger charge is 2.66. The number of piperidine rings is 1. The molecule has 3 aliphatic carbocycles. The van der Waals surface area contributed by atoms with Crippen LogP contribution < -0.4 is 26.8 Å². The molecule has 5 N–H and O–H groups in total. The number of thioether (sulfide) groups is 1. The molecule has 0 bridgehead atoms. The normalized spacial score (nSPS) is 42.3. The molecule has 3 aliphatic heterocycles. The van der Waals surface area contributed by atoms with Crippen LogP contribution in [-0.2, 0) is 14.6 Å². The SMILES string of the molecule is COC1C(NC2CC(C)NN2)NC(SC2CCC(S(=O)(=O)C3(C4CCCC([N+](=O)[O-])C4F)CC3)CC2F)NC1N1CCC(CN(C)C)CC1. The van der Waals surface area contributed by atoms with Gasteiger partial charge in [-0.15, -0.1) is 11.8 Å². The molecule has 12 atom stereocenters. The number of nitrogens with one attached hydrogen (secondary N) is 5. The summed E-state index contributed by atoms with van der Waals surface area (Å²) in [6.07, 6.45) is 1.45. The van der Waals surface area contributed by atoms with Gasteiger partial charge in [0.25, 0.3) is 0 Å². The maximum Gasteiger partial charge on any atom is 0.244 e. The van der Waals surface area contributed by atoms with Crippen LogP contribution in [0.3, 0.4) is 0 Å². The Morgan fingerprint density at radius 3 is 2.39 bits per heavy atom. The van der Waals surface area contributed by atoms with Crippen molar-refractivity contribution in [3.63, 3.8) is 0 Å². The molecular weight excluding hydrogens is 679 g/mol. The van der Waals surface area contributed by atoms with Gasteiger partial charge in [0.05, 0.1) is 28.5 Å². The monoisotopic (exact) mass is 736 g/mol. The standard InChI is InChI=1S/C32H58F2N8O5S2/c1-19-16-26(39-38-19)35-29-28(47-4)30(41-14-10-20(11-15-41)18-40(2)3)37-31(36-29)48-25-9-8-21(17-23(25)33)49(45,46)32(12-13-32)22-6-5-7-24(27(22)34)42(43)44/h19-31,35-39H,5-18H2,1-4H3. The van der Waals surface area contributed by atoms with Crippen molar-refractivity contribution in [2.45, 2.75) is 147 Å². The van der Waals surface area contributed by atoms with Crippen molar-refractivity contribution in [1.82, 2.24) is 36.6 Å². The highest BCUT2D eigenvalue weighted by atomic mass is 32.2. The van der Waals surface area contributed by atoms with Gasteiger partial charge in [0.2, 0.25) is 6.04 Å². The van der Waals surface area contributed by atoms with Gasteiger partial charge in [-0.1, -0.05) is 0 Å². The molecule has 0 amide bonds. The summed E-state index contributed by atoms with van der Waals surface area (Å²) in [4.78, 5) is 15.6. The van der Waals surface area contributed by atoms with Crippen molar-refractivity contribution >= 4 is 21.6 Å². The van der Waals surface area contributed by atoms with E-state index in [9.17, 15) is 18.5 Å². The lowest BCUT2D eigenvalue weighted by Gasteiger charge is -2.50. The molecule has 49 heavy (non-hydrogen) atoms. The highest BCUT2D eigenvalue weighted by molar-refractivity contribution is 8.00. The summed E-state index contributed by atoms with van der Waals surface area (Å²) >= 11 is 1.48. The Bertz CT molecular complexity index is 1250. The summed E-state index contributed by atoms with van der Waals surface area (Å²) < 4.78 is 64.5. The highest BCUT2D eigenvalue weighted by Crippen LogP contribution is 2.57. The Balaban J connectivity index is 1.11. The summed E-state index contributed by atoms with van der Waals surface area (Å²) in [7, 11) is 2.07. The predicted molar refractivity (Wildman–Crippen MR) is 186 cm³/mol.